The Balaban J connectivity index is 1.88. The third-order valence-electron chi connectivity index (χ3n) is 4.51. The van der Waals surface area contributed by atoms with Gasteiger partial charge in [0, 0.05) is 0 Å². The molecule has 1 aliphatic rings. The van der Waals surface area contributed by atoms with E-state index in [-0.39, 0.29) is 11.7 Å². The topological polar surface area (TPSA) is 57.0 Å². The van der Waals surface area contributed by atoms with Gasteiger partial charge < -0.3 is 0 Å². The number of pyridine rings is 1. The van der Waals surface area contributed by atoms with E-state index in [1.807, 2.05) is 44.3 Å². The fraction of sp³-hybridized carbons (Fsp3) is 0.227. The molecule has 0 fully saturated rings. The van der Waals surface area contributed by atoms with Crippen molar-refractivity contribution in [3.8, 4) is 11.6 Å². The first kappa shape index (κ1) is 18.9. The van der Waals surface area contributed by atoms with Crippen LogP contribution in [0.5, 0.6) is 5.75 Å². The van der Waals surface area contributed by atoms with Gasteiger partial charge >= 0.3 is 171 Å². The van der Waals surface area contributed by atoms with E-state index in [0.717, 1.165) is 16.2 Å². The number of nitrogens with zero attached hydrogens (tertiary/aromatic N) is 3. The van der Waals surface area contributed by atoms with Gasteiger partial charge in [-0.25, -0.2) is 0 Å². The molecular weight excluding hydrogens is 465 g/mol. The first-order chi connectivity index (χ1) is 13.5. The van der Waals surface area contributed by atoms with Crippen LogP contribution in [0.2, 0.25) is 0 Å². The predicted octanol–water partition coefficient (Wildman–Crippen LogP) is 3.06. The zero-order valence-electron chi connectivity index (χ0n) is 16.3. The van der Waals surface area contributed by atoms with Gasteiger partial charge in [-0.15, -0.1) is 0 Å². The second-order valence-corrected chi connectivity index (χ2v) is 12.9. The monoisotopic (exact) mass is 487 g/mol. The third kappa shape index (κ3) is 3.26. The van der Waals surface area contributed by atoms with Gasteiger partial charge in [0.2, 0.25) is 0 Å². The average molecular weight is 487 g/mol. The maximum absolute atomic E-state index is 13.2. The molecule has 0 spiro atoms. The molecule has 0 radical (unpaired) electrons. The third-order valence-corrected chi connectivity index (χ3v) is 10.8. The Kier molecular flexibility index (Phi) is 5.05. The van der Waals surface area contributed by atoms with E-state index < -0.39 is 19.8 Å². The molecule has 0 N–H and O–H groups in total. The number of hydrogen-bond acceptors (Lipinski definition) is 4. The van der Waals surface area contributed by atoms with Crippen molar-refractivity contribution in [3.05, 3.63) is 79.2 Å². The summed E-state index contributed by atoms with van der Waals surface area (Å²) in [6, 6.07) is 13.8. The molecule has 0 unspecified atom stereocenters. The van der Waals surface area contributed by atoms with Gasteiger partial charge in [-0.3, -0.25) is 0 Å². The summed E-state index contributed by atoms with van der Waals surface area (Å²) in [5.74, 6) is 1.42. The molecule has 0 bridgehead atoms. The average Bonchev–Trinajstić information content (AvgIpc) is 2.93. The van der Waals surface area contributed by atoms with Gasteiger partial charge in [0.1, 0.15) is 0 Å². The van der Waals surface area contributed by atoms with Crippen LogP contribution in [0, 0.1) is 3.57 Å². The number of fused-ring (bicyclic) bond motifs is 1. The number of hydrogen-bond donors (Lipinski definition) is 0. The molecule has 5 nitrogen and oxygen atoms in total. The summed E-state index contributed by atoms with van der Waals surface area (Å²) < 4.78 is 11.0. The normalized spacial score (nSPS) is 14.5. The van der Waals surface area contributed by atoms with E-state index in [9.17, 15) is 4.79 Å². The first-order valence-corrected chi connectivity index (χ1v) is 12.4. The quantitative estimate of drug-likeness (QED) is 0.531. The van der Waals surface area contributed by atoms with Crippen LogP contribution in [0.25, 0.3) is 13.0 Å². The Morgan fingerprint density at radius 3 is 2.61 bits per heavy atom. The van der Waals surface area contributed by atoms with E-state index in [4.69, 9.17) is 4.74 Å². The number of aromatic nitrogens is 3. The summed E-state index contributed by atoms with van der Waals surface area (Å²) in [7, 11) is 0. The summed E-state index contributed by atoms with van der Waals surface area (Å²) in [5, 5.41) is 6.17. The molecule has 4 rings (SSSR count). The van der Waals surface area contributed by atoms with Crippen molar-refractivity contribution in [1.82, 2.24) is 14.8 Å². The molecule has 3 heterocycles. The molecular formula is C22H22IN3O2. The van der Waals surface area contributed by atoms with Crippen LogP contribution < -0.4 is 20.7 Å². The molecule has 1 aromatic carbocycles. The van der Waals surface area contributed by atoms with E-state index in [0.29, 0.717) is 5.82 Å². The summed E-state index contributed by atoms with van der Waals surface area (Å²) in [5.41, 5.74) is -0.0950. The standard InChI is InChI=1S/C22H22IN3O2/c1-14(2)28-18-9-7-8-17(12-18)23-15(3)19-13-25-26(20-10-5-6-11-24-20)22(27)21(19)16(23)4/h5-14H,1-4H3. The maximum atomic E-state index is 13.2. The molecule has 3 aromatic rings. The summed E-state index contributed by atoms with van der Waals surface area (Å²) >= 11 is -1.87. The zero-order valence-corrected chi connectivity index (χ0v) is 18.5. The Morgan fingerprint density at radius 1 is 1.07 bits per heavy atom. The van der Waals surface area contributed by atoms with Crippen LogP contribution in [0.3, 0.4) is 0 Å². The molecule has 2 aromatic heterocycles. The van der Waals surface area contributed by atoms with E-state index in [2.05, 4.69) is 36.1 Å². The van der Waals surface area contributed by atoms with Crippen molar-refractivity contribution in [2.45, 2.75) is 33.8 Å². The van der Waals surface area contributed by atoms with E-state index in [1.165, 1.54) is 15.4 Å². The van der Waals surface area contributed by atoms with Crippen LogP contribution in [0.1, 0.15) is 27.7 Å². The summed E-state index contributed by atoms with van der Waals surface area (Å²) in [4.78, 5) is 17.5. The van der Waals surface area contributed by atoms with Crippen molar-refractivity contribution in [3.63, 3.8) is 0 Å². The Bertz CT molecular complexity index is 1220. The molecule has 0 saturated heterocycles. The molecule has 6 heteroatoms. The van der Waals surface area contributed by atoms with Gasteiger partial charge in [0.15, 0.2) is 0 Å². The van der Waals surface area contributed by atoms with Crippen molar-refractivity contribution in [2.24, 2.45) is 0 Å². The Morgan fingerprint density at radius 2 is 1.89 bits per heavy atom. The summed E-state index contributed by atoms with van der Waals surface area (Å²) in [6.07, 6.45) is 3.62. The van der Waals surface area contributed by atoms with Crippen LogP contribution >= 0.6 is 19.8 Å². The molecule has 144 valence electrons. The Labute approximate surface area is 170 Å². The van der Waals surface area contributed by atoms with Crippen LogP contribution in [-0.2, 0) is 0 Å². The van der Waals surface area contributed by atoms with Gasteiger partial charge in [-0.05, 0) is 0 Å². The number of halogens is 1. The number of rotatable bonds is 4. The molecule has 0 aliphatic carbocycles. The molecule has 0 amide bonds. The van der Waals surface area contributed by atoms with Crippen LogP contribution in [0.4, 0.5) is 0 Å². The van der Waals surface area contributed by atoms with Gasteiger partial charge in [-0.1, -0.05) is 0 Å². The fourth-order valence-electron chi connectivity index (χ4n) is 3.36. The van der Waals surface area contributed by atoms with Crippen molar-refractivity contribution < 1.29 is 4.74 Å². The second kappa shape index (κ2) is 7.50. The van der Waals surface area contributed by atoms with Crippen molar-refractivity contribution in [1.29, 1.82) is 0 Å². The SMILES string of the molecule is CC1=c2cnn(-c3ccccn3)c(=O)c2=C(C)I1c1cccc(OC(C)C)c1. The van der Waals surface area contributed by atoms with Crippen LogP contribution in [0.15, 0.2) is 59.7 Å². The van der Waals surface area contributed by atoms with Gasteiger partial charge in [-0.2, -0.15) is 0 Å². The fourth-order valence-corrected chi connectivity index (χ4v) is 9.67. The molecule has 0 atom stereocenters. The first-order valence-electron chi connectivity index (χ1n) is 9.15. The van der Waals surface area contributed by atoms with Gasteiger partial charge in [0.05, 0.1) is 0 Å². The predicted molar refractivity (Wildman–Crippen MR) is 120 cm³/mol. The minimum atomic E-state index is -1.87. The van der Waals surface area contributed by atoms with E-state index >= 15 is 0 Å². The summed E-state index contributed by atoms with van der Waals surface area (Å²) in [6.45, 7) is 8.29. The minimum absolute atomic E-state index is 0.0950. The number of benzene rings is 1. The zero-order chi connectivity index (χ0) is 19.8. The second-order valence-electron chi connectivity index (χ2n) is 6.81. The Hall–Kier alpha value is -2.48. The van der Waals surface area contributed by atoms with Gasteiger partial charge in [0.25, 0.3) is 0 Å². The molecule has 28 heavy (non-hydrogen) atoms. The molecule has 0 saturated carbocycles. The number of ether oxygens (including phenoxy) is 1. The van der Waals surface area contributed by atoms with E-state index in [1.54, 1.807) is 12.3 Å². The van der Waals surface area contributed by atoms with Crippen LogP contribution in [-0.4, -0.2) is 20.9 Å². The molecule has 1 aliphatic heterocycles. The van der Waals surface area contributed by atoms with Crippen molar-refractivity contribution in [2.75, 3.05) is 0 Å². The van der Waals surface area contributed by atoms with Crippen molar-refractivity contribution >= 4 is 27.0 Å².